The molecule has 0 aliphatic carbocycles. The highest BCUT2D eigenvalue weighted by Gasteiger charge is 2.23. The molecule has 0 aromatic heterocycles. The zero-order chi connectivity index (χ0) is 20.9. The number of hydrazone groups is 2. The molecule has 0 fully saturated rings. The van der Waals surface area contributed by atoms with Gasteiger partial charge >= 0.3 is 11.9 Å². The van der Waals surface area contributed by atoms with Gasteiger partial charge in [-0.3, -0.25) is 10.9 Å². The van der Waals surface area contributed by atoms with Crippen LogP contribution in [-0.4, -0.2) is 35.2 Å². The molecule has 2 rings (SSSR count). The van der Waals surface area contributed by atoms with Gasteiger partial charge in [-0.15, -0.1) is 0 Å². The van der Waals surface area contributed by atoms with Crippen LogP contribution >= 0.6 is 11.8 Å². The average Bonchev–Trinajstić information content (AvgIpc) is 2.75. The van der Waals surface area contributed by atoms with E-state index in [1.807, 2.05) is 36.4 Å². The minimum Gasteiger partial charge on any atom is -0.461 e. The fourth-order valence-electron chi connectivity index (χ4n) is 1.95. The summed E-state index contributed by atoms with van der Waals surface area (Å²) >= 11 is 0.750. The largest absolute Gasteiger partial charge is 0.461 e. The molecule has 2 aromatic rings. The minimum atomic E-state index is -0.683. The third-order valence-corrected chi connectivity index (χ3v) is 4.12. The third kappa shape index (κ3) is 7.67. The van der Waals surface area contributed by atoms with Crippen molar-refractivity contribution in [1.29, 1.82) is 0 Å². The van der Waals surface area contributed by atoms with Crippen molar-refractivity contribution in [2.24, 2.45) is 10.2 Å². The van der Waals surface area contributed by atoms with Gasteiger partial charge in [0.1, 0.15) is 0 Å². The molecule has 9 heteroatoms. The SMILES string of the molecule is CCOC(=O)C(=NNc1ccccc1)SC(=NNc1ccccc1)C(=O)OCC. The number of nitrogens with zero attached hydrogens (tertiary/aromatic N) is 2. The first-order chi connectivity index (χ1) is 14.1. The summed E-state index contributed by atoms with van der Waals surface area (Å²) in [5.41, 5.74) is 6.89. The average molecular weight is 414 g/mol. The van der Waals surface area contributed by atoms with Crippen LogP contribution in [0.25, 0.3) is 0 Å². The van der Waals surface area contributed by atoms with Crippen LogP contribution in [0.1, 0.15) is 13.8 Å². The van der Waals surface area contributed by atoms with Crippen LogP contribution in [0, 0.1) is 0 Å². The van der Waals surface area contributed by atoms with Gasteiger partial charge in [-0.2, -0.15) is 10.2 Å². The maximum absolute atomic E-state index is 12.3. The van der Waals surface area contributed by atoms with Crippen molar-refractivity contribution in [3.8, 4) is 0 Å². The number of hydrogen-bond donors (Lipinski definition) is 2. The van der Waals surface area contributed by atoms with Gasteiger partial charge in [0.05, 0.1) is 24.6 Å². The Kier molecular flexibility index (Phi) is 9.23. The third-order valence-electron chi connectivity index (χ3n) is 3.21. The van der Waals surface area contributed by atoms with E-state index >= 15 is 0 Å². The first-order valence-corrected chi connectivity index (χ1v) is 9.75. The molecule has 29 heavy (non-hydrogen) atoms. The van der Waals surface area contributed by atoms with Crippen LogP contribution < -0.4 is 10.9 Å². The lowest BCUT2D eigenvalue weighted by Gasteiger charge is -2.09. The number of ether oxygens (including phenoxy) is 2. The van der Waals surface area contributed by atoms with E-state index in [0.29, 0.717) is 11.4 Å². The van der Waals surface area contributed by atoms with Gasteiger partial charge in [-0.25, -0.2) is 9.59 Å². The molecular formula is C20H22N4O4S. The Morgan fingerprint density at radius 1 is 0.759 bits per heavy atom. The fourth-order valence-corrected chi connectivity index (χ4v) is 2.60. The molecule has 0 saturated carbocycles. The van der Waals surface area contributed by atoms with Crippen LogP contribution in [0.5, 0.6) is 0 Å². The van der Waals surface area contributed by atoms with Crippen molar-refractivity contribution >= 4 is 45.2 Å². The fraction of sp³-hybridized carbons (Fsp3) is 0.200. The van der Waals surface area contributed by atoms with Crippen LogP contribution in [0.4, 0.5) is 11.4 Å². The Hall–Kier alpha value is -3.33. The molecule has 0 atom stereocenters. The molecule has 8 nitrogen and oxygen atoms in total. The lowest BCUT2D eigenvalue weighted by atomic mass is 10.3. The zero-order valence-corrected chi connectivity index (χ0v) is 16.9. The highest BCUT2D eigenvalue weighted by molar-refractivity contribution is 8.29. The molecular weight excluding hydrogens is 392 g/mol. The number of esters is 2. The molecule has 0 aliphatic rings. The highest BCUT2D eigenvalue weighted by atomic mass is 32.2. The van der Waals surface area contributed by atoms with Crippen LogP contribution in [-0.2, 0) is 19.1 Å². The van der Waals surface area contributed by atoms with Gasteiger partial charge in [0.15, 0.2) is 0 Å². The number of rotatable bonds is 6. The number of thioether (sulfide) groups is 1. The molecule has 0 heterocycles. The molecule has 2 N–H and O–H groups in total. The van der Waals surface area contributed by atoms with Crippen LogP contribution in [0.15, 0.2) is 70.9 Å². The minimum absolute atomic E-state index is 0.0858. The number of carbonyl (C=O) groups excluding carboxylic acids is 2. The van der Waals surface area contributed by atoms with E-state index in [4.69, 9.17) is 9.47 Å². The normalized spacial score (nSPS) is 11.5. The molecule has 0 aliphatic heterocycles. The number of carbonyl (C=O) groups is 2. The van der Waals surface area contributed by atoms with Gasteiger partial charge < -0.3 is 9.47 Å². The Morgan fingerprint density at radius 2 is 1.14 bits per heavy atom. The lowest BCUT2D eigenvalue weighted by Crippen LogP contribution is -2.23. The number of benzene rings is 2. The van der Waals surface area contributed by atoms with Crippen LogP contribution in [0.3, 0.4) is 0 Å². The van der Waals surface area contributed by atoms with E-state index in [9.17, 15) is 9.59 Å². The maximum atomic E-state index is 12.3. The van der Waals surface area contributed by atoms with Crippen molar-refractivity contribution in [2.75, 3.05) is 24.1 Å². The van der Waals surface area contributed by atoms with E-state index in [0.717, 1.165) is 11.8 Å². The van der Waals surface area contributed by atoms with Gasteiger partial charge in [0.2, 0.25) is 10.1 Å². The van der Waals surface area contributed by atoms with E-state index in [1.54, 1.807) is 38.1 Å². The van der Waals surface area contributed by atoms with Gasteiger partial charge in [-0.1, -0.05) is 36.4 Å². The van der Waals surface area contributed by atoms with E-state index in [2.05, 4.69) is 21.1 Å². The van der Waals surface area contributed by atoms with Gasteiger partial charge in [0, 0.05) is 0 Å². The molecule has 0 bridgehead atoms. The van der Waals surface area contributed by atoms with E-state index in [-0.39, 0.29) is 23.3 Å². The lowest BCUT2D eigenvalue weighted by molar-refractivity contribution is -0.135. The summed E-state index contributed by atoms with van der Waals surface area (Å²) in [6.07, 6.45) is 0. The maximum Gasteiger partial charge on any atom is 0.365 e. The zero-order valence-electron chi connectivity index (χ0n) is 16.1. The molecule has 0 amide bonds. The molecule has 152 valence electrons. The molecule has 0 spiro atoms. The Morgan fingerprint density at radius 3 is 1.48 bits per heavy atom. The first-order valence-electron chi connectivity index (χ1n) is 8.93. The molecule has 2 aromatic carbocycles. The summed E-state index contributed by atoms with van der Waals surface area (Å²) in [4.78, 5) is 24.6. The Balaban J connectivity index is 2.25. The summed E-state index contributed by atoms with van der Waals surface area (Å²) in [5.74, 6) is -1.37. The van der Waals surface area contributed by atoms with Crippen molar-refractivity contribution < 1.29 is 19.1 Å². The predicted molar refractivity (Wildman–Crippen MR) is 116 cm³/mol. The van der Waals surface area contributed by atoms with Crippen molar-refractivity contribution in [3.05, 3.63) is 60.7 Å². The van der Waals surface area contributed by atoms with Gasteiger partial charge in [0.25, 0.3) is 0 Å². The highest BCUT2D eigenvalue weighted by Crippen LogP contribution is 2.15. The Labute approximate surface area is 173 Å². The van der Waals surface area contributed by atoms with Crippen molar-refractivity contribution in [1.82, 2.24) is 0 Å². The Bertz CT molecular complexity index is 786. The van der Waals surface area contributed by atoms with Crippen LogP contribution in [0.2, 0.25) is 0 Å². The molecule has 0 saturated heterocycles. The smallest absolute Gasteiger partial charge is 0.365 e. The number of nitrogens with one attached hydrogen (secondary N) is 2. The van der Waals surface area contributed by atoms with Crippen molar-refractivity contribution in [2.45, 2.75) is 13.8 Å². The van der Waals surface area contributed by atoms with E-state index in [1.165, 1.54) is 0 Å². The first kappa shape index (κ1) is 22.0. The van der Waals surface area contributed by atoms with Gasteiger partial charge in [-0.05, 0) is 49.9 Å². The molecule has 0 radical (unpaired) electrons. The predicted octanol–water partition coefficient (Wildman–Crippen LogP) is 3.70. The number of anilines is 2. The standard InChI is InChI=1S/C20H22N4O4S/c1-3-27-19(25)17(23-21-15-11-7-5-8-12-15)29-18(20(26)28-4-2)24-22-16-13-9-6-10-14-16/h5-14,21-22H,3-4H2,1-2H3. The quantitative estimate of drug-likeness (QED) is 0.322. The topological polar surface area (TPSA) is 101 Å². The second-order valence-electron chi connectivity index (χ2n) is 5.33. The summed E-state index contributed by atoms with van der Waals surface area (Å²) in [6, 6.07) is 18.2. The monoisotopic (exact) mass is 414 g/mol. The van der Waals surface area contributed by atoms with E-state index < -0.39 is 11.9 Å². The summed E-state index contributed by atoms with van der Waals surface area (Å²) in [5, 5.41) is 8.01. The summed E-state index contributed by atoms with van der Waals surface area (Å²) in [7, 11) is 0. The number of para-hydroxylation sites is 2. The second kappa shape index (κ2) is 12.2. The summed E-state index contributed by atoms with van der Waals surface area (Å²) < 4.78 is 10.1. The number of hydrogen-bond acceptors (Lipinski definition) is 9. The summed E-state index contributed by atoms with van der Waals surface area (Å²) in [6.45, 7) is 3.69. The molecule has 0 unspecified atom stereocenters. The second-order valence-corrected chi connectivity index (χ2v) is 6.31. The van der Waals surface area contributed by atoms with Crippen molar-refractivity contribution in [3.63, 3.8) is 0 Å².